The molecule has 1 amide bonds. The molecular weight excluding hydrogens is 438 g/mol. The minimum Gasteiger partial charge on any atom is -0.493 e. The van der Waals surface area contributed by atoms with Crippen molar-refractivity contribution in [2.24, 2.45) is 4.99 Å². The number of ether oxygens (including phenoxy) is 3. The Hall–Kier alpha value is -3.86. The molecule has 0 aromatic heterocycles. The first-order chi connectivity index (χ1) is 15.3. The molecule has 0 unspecified atom stereocenters. The van der Waals surface area contributed by atoms with Crippen molar-refractivity contribution in [2.45, 2.75) is 0 Å². The van der Waals surface area contributed by atoms with E-state index in [0.717, 1.165) is 11.8 Å². The van der Waals surface area contributed by atoms with Crippen LogP contribution in [-0.2, 0) is 9.53 Å². The number of nitro benzene ring substituents is 1. The fourth-order valence-electron chi connectivity index (χ4n) is 2.85. The maximum absolute atomic E-state index is 12.7. The lowest BCUT2D eigenvalue weighted by molar-refractivity contribution is -0.385. The average Bonchev–Trinajstić information content (AvgIpc) is 3.06. The average molecular weight is 457 g/mol. The van der Waals surface area contributed by atoms with Gasteiger partial charge in [-0.2, -0.15) is 0 Å². The van der Waals surface area contributed by atoms with Crippen molar-refractivity contribution in [3.8, 4) is 11.5 Å². The van der Waals surface area contributed by atoms with Gasteiger partial charge in [0.25, 0.3) is 11.6 Å². The molecule has 2 aromatic rings. The van der Waals surface area contributed by atoms with Crippen LogP contribution < -0.4 is 9.47 Å². The number of thioether (sulfide) groups is 1. The van der Waals surface area contributed by atoms with E-state index in [1.807, 2.05) is 0 Å². The predicted octanol–water partition coefficient (Wildman–Crippen LogP) is 3.63. The molecule has 0 atom stereocenters. The van der Waals surface area contributed by atoms with E-state index in [1.165, 1.54) is 44.4 Å². The van der Waals surface area contributed by atoms with E-state index in [-0.39, 0.29) is 27.8 Å². The van der Waals surface area contributed by atoms with E-state index >= 15 is 0 Å². The molecule has 10 nitrogen and oxygen atoms in total. The van der Waals surface area contributed by atoms with Gasteiger partial charge >= 0.3 is 5.97 Å². The zero-order valence-corrected chi connectivity index (χ0v) is 18.5. The Balaban J connectivity index is 1.96. The number of aliphatic imine (C=N–C) groups is 1. The van der Waals surface area contributed by atoms with E-state index in [9.17, 15) is 19.7 Å². The number of nitrogens with zero attached hydrogens (tertiary/aromatic N) is 3. The van der Waals surface area contributed by atoms with Gasteiger partial charge in [-0.25, -0.2) is 9.79 Å². The summed E-state index contributed by atoms with van der Waals surface area (Å²) in [6.07, 6.45) is 1.42. The lowest BCUT2D eigenvalue weighted by Crippen LogP contribution is -2.23. The maximum atomic E-state index is 12.7. The van der Waals surface area contributed by atoms with Crippen LogP contribution in [0.25, 0.3) is 6.08 Å². The van der Waals surface area contributed by atoms with Crippen LogP contribution in [0.1, 0.15) is 15.9 Å². The zero-order chi connectivity index (χ0) is 23.4. The Bertz CT molecular complexity index is 1140. The molecule has 0 saturated carbocycles. The third kappa shape index (κ3) is 4.57. The lowest BCUT2D eigenvalue weighted by Gasteiger charge is -2.09. The second-order valence-electron chi connectivity index (χ2n) is 6.43. The number of methoxy groups -OCH3 is 3. The number of hydrogen-bond acceptors (Lipinski definition) is 9. The number of amidine groups is 1. The summed E-state index contributed by atoms with van der Waals surface area (Å²) >= 11 is 1.08. The monoisotopic (exact) mass is 457 g/mol. The minimum atomic E-state index is -0.556. The number of likely N-dealkylation sites (N-methyl/N-ethyl adjacent to an activating group) is 1. The summed E-state index contributed by atoms with van der Waals surface area (Å²) < 4.78 is 15.0. The van der Waals surface area contributed by atoms with E-state index in [1.54, 1.807) is 31.3 Å². The molecular formula is C21H19N3O7S. The molecule has 0 bridgehead atoms. The van der Waals surface area contributed by atoms with Gasteiger partial charge in [-0.3, -0.25) is 19.8 Å². The van der Waals surface area contributed by atoms with Crippen LogP contribution in [-0.4, -0.2) is 55.2 Å². The Morgan fingerprint density at radius 2 is 1.75 bits per heavy atom. The number of amides is 1. The third-order valence-electron chi connectivity index (χ3n) is 4.53. The van der Waals surface area contributed by atoms with Crippen molar-refractivity contribution < 1.29 is 28.7 Å². The van der Waals surface area contributed by atoms with Gasteiger partial charge in [0.2, 0.25) is 0 Å². The van der Waals surface area contributed by atoms with Crippen LogP contribution in [0.3, 0.4) is 0 Å². The highest BCUT2D eigenvalue weighted by molar-refractivity contribution is 8.18. The van der Waals surface area contributed by atoms with Gasteiger partial charge in [-0.1, -0.05) is 0 Å². The second-order valence-corrected chi connectivity index (χ2v) is 7.44. The van der Waals surface area contributed by atoms with Gasteiger partial charge in [0.1, 0.15) is 0 Å². The molecule has 3 rings (SSSR count). The maximum Gasteiger partial charge on any atom is 0.337 e. The van der Waals surface area contributed by atoms with Crippen LogP contribution >= 0.6 is 11.8 Å². The first kappa shape index (κ1) is 22.8. The number of carbonyl (C=O) groups is 2. The minimum absolute atomic E-state index is 0.195. The van der Waals surface area contributed by atoms with Crippen LogP contribution in [0.2, 0.25) is 0 Å². The highest BCUT2D eigenvalue weighted by Crippen LogP contribution is 2.39. The molecule has 0 radical (unpaired) electrons. The van der Waals surface area contributed by atoms with Gasteiger partial charge in [0, 0.05) is 7.05 Å². The topological polar surface area (TPSA) is 121 Å². The van der Waals surface area contributed by atoms with Gasteiger partial charge in [0.05, 0.1) is 54.0 Å². The first-order valence-corrected chi connectivity index (χ1v) is 9.95. The highest BCUT2D eigenvalue weighted by atomic mass is 32.2. The number of hydrogen-bond donors (Lipinski definition) is 0. The molecule has 1 aliphatic rings. The SMILES string of the molecule is COC(=O)c1ccc(N=C2SC(=Cc3cc(OC)c(OC)cc3[N+](=O)[O-])C(=O)N2C)cc1. The summed E-state index contributed by atoms with van der Waals surface area (Å²) in [4.78, 5) is 41.3. The van der Waals surface area contributed by atoms with Gasteiger partial charge in [-0.15, -0.1) is 0 Å². The standard InChI is InChI=1S/C21H19N3O7S/c1-23-19(25)18(10-13-9-16(29-2)17(30-3)11-15(13)24(27)28)32-21(23)22-14-7-5-12(6-8-14)20(26)31-4/h5-11H,1-4H3. The number of nitro groups is 1. The van der Waals surface area contributed by atoms with Crippen LogP contribution in [0.15, 0.2) is 46.3 Å². The van der Waals surface area contributed by atoms with Crippen molar-refractivity contribution in [1.82, 2.24) is 4.90 Å². The molecule has 166 valence electrons. The molecule has 32 heavy (non-hydrogen) atoms. The molecule has 0 spiro atoms. The number of rotatable bonds is 6. The van der Waals surface area contributed by atoms with Crippen molar-refractivity contribution >= 4 is 46.3 Å². The zero-order valence-electron chi connectivity index (χ0n) is 17.6. The van der Waals surface area contributed by atoms with Gasteiger partial charge < -0.3 is 14.2 Å². The summed E-state index contributed by atoms with van der Waals surface area (Å²) in [7, 11) is 5.65. The van der Waals surface area contributed by atoms with E-state index in [2.05, 4.69) is 9.73 Å². The highest BCUT2D eigenvalue weighted by Gasteiger charge is 2.31. The van der Waals surface area contributed by atoms with E-state index in [4.69, 9.17) is 9.47 Å². The van der Waals surface area contributed by atoms with Crippen molar-refractivity contribution in [3.05, 3.63) is 62.5 Å². The molecule has 0 aliphatic carbocycles. The summed E-state index contributed by atoms with van der Waals surface area (Å²) in [5, 5.41) is 11.9. The predicted molar refractivity (Wildman–Crippen MR) is 119 cm³/mol. The number of esters is 1. The Morgan fingerprint density at radius 3 is 2.31 bits per heavy atom. The van der Waals surface area contributed by atoms with Crippen LogP contribution in [0, 0.1) is 10.1 Å². The molecule has 1 heterocycles. The van der Waals surface area contributed by atoms with Crippen molar-refractivity contribution in [2.75, 3.05) is 28.4 Å². The van der Waals surface area contributed by atoms with Crippen molar-refractivity contribution in [3.63, 3.8) is 0 Å². The fraction of sp³-hybridized carbons (Fsp3) is 0.190. The Morgan fingerprint density at radius 1 is 1.12 bits per heavy atom. The quantitative estimate of drug-likeness (QED) is 0.279. The van der Waals surface area contributed by atoms with Crippen LogP contribution in [0.4, 0.5) is 11.4 Å². The molecule has 0 N–H and O–H groups in total. The summed E-state index contributed by atoms with van der Waals surface area (Å²) in [5.41, 5.74) is 0.870. The van der Waals surface area contributed by atoms with Crippen LogP contribution in [0.5, 0.6) is 11.5 Å². The number of benzene rings is 2. The van der Waals surface area contributed by atoms with Crippen molar-refractivity contribution in [1.29, 1.82) is 0 Å². The smallest absolute Gasteiger partial charge is 0.337 e. The third-order valence-corrected chi connectivity index (χ3v) is 5.59. The Labute approximate surface area is 187 Å². The van der Waals surface area contributed by atoms with E-state index in [0.29, 0.717) is 22.2 Å². The fourth-order valence-corrected chi connectivity index (χ4v) is 3.83. The number of carbonyl (C=O) groups excluding carboxylic acids is 2. The molecule has 2 aromatic carbocycles. The van der Waals surface area contributed by atoms with Gasteiger partial charge in [0.15, 0.2) is 16.7 Å². The molecule has 1 fully saturated rings. The lowest BCUT2D eigenvalue weighted by atomic mass is 10.1. The largest absolute Gasteiger partial charge is 0.493 e. The second kappa shape index (κ2) is 9.52. The summed E-state index contributed by atoms with van der Waals surface area (Å²) in [6, 6.07) is 9.07. The molecule has 11 heteroatoms. The normalized spacial score (nSPS) is 15.9. The Kier molecular flexibility index (Phi) is 6.79. The summed E-state index contributed by atoms with van der Waals surface area (Å²) in [6.45, 7) is 0. The van der Waals surface area contributed by atoms with Gasteiger partial charge in [-0.05, 0) is 48.2 Å². The first-order valence-electron chi connectivity index (χ1n) is 9.14. The van der Waals surface area contributed by atoms with E-state index < -0.39 is 10.9 Å². The molecule has 1 aliphatic heterocycles. The summed E-state index contributed by atoms with van der Waals surface area (Å²) in [5.74, 6) is -0.313. The molecule has 1 saturated heterocycles.